The van der Waals surface area contributed by atoms with E-state index in [9.17, 15) is 14.9 Å². The smallest absolute Gasteiger partial charge is 0.315 e. The molecule has 104 valence electrons. The fourth-order valence-electron chi connectivity index (χ4n) is 1.39. The highest BCUT2D eigenvalue weighted by atomic mass is 32.2. The van der Waals surface area contributed by atoms with Gasteiger partial charge in [-0.3, -0.25) is 20.8 Å². The summed E-state index contributed by atoms with van der Waals surface area (Å²) in [5.41, 5.74) is 3.19. The number of carbonyl (C=O) groups is 1. The molecule has 0 aliphatic rings. The number of thioether (sulfide) groups is 1. The normalized spacial score (nSPS) is 10.0. The van der Waals surface area contributed by atoms with Gasteiger partial charge in [0.2, 0.25) is 0 Å². The van der Waals surface area contributed by atoms with Crippen molar-refractivity contribution in [1.82, 2.24) is 0 Å². The van der Waals surface area contributed by atoms with Crippen molar-refractivity contribution in [1.29, 1.82) is 0 Å². The maximum Gasteiger partial charge on any atom is 0.315 e. The van der Waals surface area contributed by atoms with E-state index in [4.69, 9.17) is 10.6 Å². The second-order valence-electron chi connectivity index (χ2n) is 3.55. The highest BCUT2D eigenvalue weighted by Gasteiger charge is 2.13. The Kier molecular flexibility index (Phi) is 6.10. The predicted octanol–water partition coefficient (Wildman–Crippen LogP) is 1.68. The molecule has 0 fully saturated rings. The number of rotatable bonds is 7. The Morgan fingerprint density at radius 2 is 2.32 bits per heavy atom. The first-order valence-electron chi connectivity index (χ1n) is 5.55. The van der Waals surface area contributed by atoms with Crippen LogP contribution < -0.4 is 11.3 Å². The van der Waals surface area contributed by atoms with Crippen molar-refractivity contribution < 1.29 is 14.5 Å². The molecule has 7 nitrogen and oxygen atoms in total. The highest BCUT2D eigenvalue weighted by molar-refractivity contribution is 7.99. The largest absolute Gasteiger partial charge is 0.465 e. The predicted molar refractivity (Wildman–Crippen MR) is 73.7 cm³/mol. The zero-order valence-electron chi connectivity index (χ0n) is 10.4. The number of hydrogen-bond donors (Lipinski definition) is 2. The standard InChI is InChI=1S/C11H15N3O4S/c1-2-18-11(15)7-19-6-8-3-4-9(13-12)10(5-8)14(16)17/h3-5,13H,2,6-7,12H2,1H3. The maximum atomic E-state index is 11.1. The molecule has 0 aromatic heterocycles. The van der Waals surface area contributed by atoms with E-state index in [0.717, 1.165) is 5.56 Å². The first kappa shape index (κ1) is 15.3. The van der Waals surface area contributed by atoms with E-state index in [1.807, 2.05) is 0 Å². The van der Waals surface area contributed by atoms with Gasteiger partial charge in [0.15, 0.2) is 0 Å². The number of nitro benzene ring substituents is 1. The van der Waals surface area contributed by atoms with Gasteiger partial charge < -0.3 is 10.2 Å². The van der Waals surface area contributed by atoms with Gasteiger partial charge in [0.1, 0.15) is 5.69 Å². The third-order valence-corrected chi connectivity index (χ3v) is 3.19. The Labute approximate surface area is 114 Å². The Bertz CT molecular complexity index is 467. The van der Waals surface area contributed by atoms with Crippen LogP contribution in [-0.4, -0.2) is 23.3 Å². The molecule has 1 rings (SSSR count). The topological polar surface area (TPSA) is 107 Å². The number of nitrogens with one attached hydrogen (secondary N) is 1. The first-order chi connectivity index (χ1) is 9.08. The van der Waals surface area contributed by atoms with Crippen LogP contribution in [0.15, 0.2) is 18.2 Å². The number of nitrogens with zero attached hydrogens (tertiary/aromatic N) is 1. The summed E-state index contributed by atoms with van der Waals surface area (Å²) in [6.45, 7) is 2.09. The molecule has 0 saturated heterocycles. The fourth-order valence-corrected chi connectivity index (χ4v) is 2.16. The average molecular weight is 285 g/mol. The van der Waals surface area contributed by atoms with Crippen LogP contribution in [0.1, 0.15) is 12.5 Å². The minimum Gasteiger partial charge on any atom is -0.465 e. The molecule has 0 unspecified atom stereocenters. The summed E-state index contributed by atoms with van der Waals surface area (Å²) in [5, 5.41) is 10.8. The molecule has 0 spiro atoms. The minimum absolute atomic E-state index is 0.0864. The quantitative estimate of drug-likeness (QED) is 0.339. The van der Waals surface area contributed by atoms with Crippen LogP contribution in [0, 0.1) is 10.1 Å². The van der Waals surface area contributed by atoms with Crippen molar-refractivity contribution in [2.75, 3.05) is 17.8 Å². The van der Waals surface area contributed by atoms with Crippen molar-refractivity contribution >= 4 is 29.1 Å². The van der Waals surface area contributed by atoms with Crippen LogP contribution in [0.5, 0.6) is 0 Å². The molecule has 0 atom stereocenters. The van der Waals surface area contributed by atoms with Gasteiger partial charge in [-0.2, -0.15) is 0 Å². The van der Waals surface area contributed by atoms with E-state index >= 15 is 0 Å². The van der Waals surface area contributed by atoms with E-state index in [-0.39, 0.29) is 23.1 Å². The van der Waals surface area contributed by atoms with Crippen LogP contribution in [0.4, 0.5) is 11.4 Å². The number of hydrogen-bond acceptors (Lipinski definition) is 7. The lowest BCUT2D eigenvalue weighted by atomic mass is 10.2. The van der Waals surface area contributed by atoms with E-state index < -0.39 is 4.92 Å². The first-order valence-corrected chi connectivity index (χ1v) is 6.71. The van der Waals surface area contributed by atoms with Gasteiger partial charge >= 0.3 is 5.97 Å². The number of esters is 1. The van der Waals surface area contributed by atoms with E-state index in [1.165, 1.54) is 17.8 Å². The molecule has 19 heavy (non-hydrogen) atoms. The number of ether oxygens (including phenoxy) is 1. The number of nitro groups is 1. The van der Waals surface area contributed by atoms with Gasteiger partial charge in [0, 0.05) is 11.8 Å². The summed E-state index contributed by atoms with van der Waals surface area (Å²) in [7, 11) is 0. The average Bonchev–Trinajstić information content (AvgIpc) is 2.38. The zero-order valence-corrected chi connectivity index (χ0v) is 11.2. The third kappa shape index (κ3) is 4.76. The van der Waals surface area contributed by atoms with Crippen LogP contribution >= 0.6 is 11.8 Å². The molecule has 0 radical (unpaired) electrons. The van der Waals surface area contributed by atoms with E-state index in [2.05, 4.69) is 5.43 Å². The molecule has 0 saturated carbocycles. The summed E-state index contributed by atoms with van der Waals surface area (Å²) in [6, 6.07) is 4.70. The summed E-state index contributed by atoms with van der Waals surface area (Å²) in [6.07, 6.45) is 0. The van der Waals surface area contributed by atoms with E-state index in [0.29, 0.717) is 12.4 Å². The van der Waals surface area contributed by atoms with Crippen molar-refractivity contribution in [3.05, 3.63) is 33.9 Å². The molecule has 3 N–H and O–H groups in total. The molecular weight excluding hydrogens is 270 g/mol. The lowest BCUT2D eigenvalue weighted by molar-refractivity contribution is -0.384. The van der Waals surface area contributed by atoms with Crippen LogP contribution in [0.25, 0.3) is 0 Å². The number of anilines is 1. The number of hydrazine groups is 1. The van der Waals surface area contributed by atoms with Gasteiger partial charge in [0.25, 0.3) is 5.69 Å². The lowest BCUT2D eigenvalue weighted by Gasteiger charge is -2.05. The van der Waals surface area contributed by atoms with Crippen LogP contribution in [0.3, 0.4) is 0 Å². The number of benzene rings is 1. The Hall–Kier alpha value is -1.80. The number of carbonyl (C=O) groups excluding carboxylic acids is 1. The molecule has 0 amide bonds. The number of nitrogens with two attached hydrogens (primary N) is 1. The third-order valence-electron chi connectivity index (χ3n) is 2.21. The maximum absolute atomic E-state index is 11.1. The summed E-state index contributed by atoms with van der Waals surface area (Å²) >= 11 is 1.34. The summed E-state index contributed by atoms with van der Waals surface area (Å²) in [5.74, 6) is 5.61. The second kappa shape index (κ2) is 7.59. The molecule has 8 heteroatoms. The minimum atomic E-state index is -0.505. The summed E-state index contributed by atoms with van der Waals surface area (Å²) < 4.78 is 4.78. The van der Waals surface area contributed by atoms with Crippen molar-refractivity contribution in [2.24, 2.45) is 5.84 Å². The Balaban J connectivity index is 2.62. The zero-order chi connectivity index (χ0) is 14.3. The molecule has 0 bridgehead atoms. The highest BCUT2D eigenvalue weighted by Crippen LogP contribution is 2.26. The van der Waals surface area contributed by atoms with Crippen molar-refractivity contribution in [3.8, 4) is 0 Å². The molecule has 0 aliphatic heterocycles. The van der Waals surface area contributed by atoms with Crippen molar-refractivity contribution in [3.63, 3.8) is 0 Å². The van der Waals surface area contributed by atoms with Gasteiger partial charge in [-0.15, -0.1) is 11.8 Å². The molecule has 0 aliphatic carbocycles. The SMILES string of the molecule is CCOC(=O)CSCc1ccc(NN)c([N+](=O)[O-])c1. The summed E-state index contributed by atoms with van der Waals surface area (Å²) in [4.78, 5) is 21.5. The molecular formula is C11H15N3O4S. The Morgan fingerprint density at radius 1 is 1.58 bits per heavy atom. The lowest BCUT2D eigenvalue weighted by Crippen LogP contribution is -2.09. The fraction of sp³-hybridized carbons (Fsp3) is 0.364. The monoisotopic (exact) mass is 285 g/mol. The van der Waals surface area contributed by atoms with Gasteiger partial charge in [-0.25, -0.2) is 0 Å². The van der Waals surface area contributed by atoms with Gasteiger partial charge in [-0.05, 0) is 18.6 Å². The van der Waals surface area contributed by atoms with E-state index in [1.54, 1.807) is 19.1 Å². The van der Waals surface area contributed by atoms with Crippen LogP contribution in [-0.2, 0) is 15.3 Å². The molecule has 0 heterocycles. The Morgan fingerprint density at radius 3 is 2.89 bits per heavy atom. The molecule has 1 aromatic rings. The second-order valence-corrected chi connectivity index (χ2v) is 4.54. The number of nitrogen functional groups attached to an aromatic ring is 1. The van der Waals surface area contributed by atoms with Gasteiger partial charge in [-0.1, -0.05) is 6.07 Å². The van der Waals surface area contributed by atoms with Crippen molar-refractivity contribution in [2.45, 2.75) is 12.7 Å². The van der Waals surface area contributed by atoms with Crippen LogP contribution in [0.2, 0.25) is 0 Å². The molecule has 1 aromatic carbocycles. The van der Waals surface area contributed by atoms with Gasteiger partial charge in [0.05, 0.1) is 17.3 Å².